The minimum Gasteiger partial charge on any atom is -0.399 e. The largest absolute Gasteiger partial charge is 0.399 e. The van der Waals surface area contributed by atoms with E-state index in [1.54, 1.807) is 6.07 Å². The van der Waals surface area contributed by atoms with Gasteiger partial charge in [0.05, 0.1) is 0 Å². The van der Waals surface area contributed by atoms with Crippen LogP contribution >= 0.6 is 11.6 Å². The van der Waals surface area contributed by atoms with Gasteiger partial charge in [-0.2, -0.15) is 0 Å². The van der Waals surface area contributed by atoms with E-state index in [4.69, 9.17) is 17.3 Å². The Balaban J connectivity index is 1.99. The van der Waals surface area contributed by atoms with Gasteiger partial charge in [-0.15, -0.1) is 0 Å². The summed E-state index contributed by atoms with van der Waals surface area (Å²) in [4.78, 5) is 2.50. The number of hydrogen-bond acceptors (Lipinski definition) is 2. The smallest absolute Gasteiger partial charge is 0.0429 e. The maximum absolute atomic E-state index is 6.04. The van der Waals surface area contributed by atoms with Crippen LogP contribution in [0.25, 0.3) is 0 Å². The van der Waals surface area contributed by atoms with E-state index >= 15 is 0 Å². The topological polar surface area (TPSA) is 29.3 Å². The molecule has 1 aromatic carbocycles. The van der Waals surface area contributed by atoms with Crippen LogP contribution < -0.4 is 5.73 Å². The molecule has 2 N–H and O–H groups in total. The van der Waals surface area contributed by atoms with Gasteiger partial charge in [-0.1, -0.05) is 32.4 Å². The quantitative estimate of drug-likeness (QED) is 0.826. The van der Waals surface area contributed by atoms with Crippen molar-refractivity contribution >= 4 is 17.3 Å². The highest BCUT2D eigenvalue weighted by molar-refractivity contribution is 6.30. The molecule has 0 amide bonds. The summed E-state index contributed by atoms with van der Waals surface area (Å²) in [6.07, 6.45) is 1.29. The first-order chi connectivity index (χ1) is 8.34. The Labute approximate surface area is 115 Å². The molecular weight excluding hydrogens is 244 g/mol. The number of nitrogens with zero attached hydrogens (tertiary/aromatic N) is 1. The number of nitrogens with two attached hydrogens (primary N) is 1. The predicted octanol–water partition coefficient (Wildman–Crippen LogP) is 3.79. The van der Waals surface area contributed by atoms with Crippen LogP contribution in [-0.2, 0) is 6.54 Å². The summed E-state index contributed by atoms with van der Waals surface area (Å²) < 4.78 is 0. The highest BCUT2D eigenvalue weighted by Gasteiger charge is 2.31. The van der Waals surface area contributed by atoms with Crippen LogP contribution in [0, 0.1) is 11.3 Å². The molecule has 1 aliphatic rings. The van der Waals surface area contributed by atoms with Crippen LogP contribution in [0.5, 0.6) is 0 Å². The molecule has 0 aromatic heterocycles. The van der Waals surface area contributed by atoms with Gasteiger partial charge < -0.3 is 5.73 Å². The Morgan fingerprint density at radius 2 is 2.06 bits per heavy atom. The standard InChI is InChI=1S/C15H23ClN2/c1-15(2,3)12-4-5-18(10-12)9-11-6-13(16)8-14(17)7-11/h6-8,12H,4-5,9-10,17H2,1-3H3. The summed E-state index contributed by atoms with van der Waals surface area (Å²) in [6.45, 7) is 10.3. The normalized spacial score (nSPS) is 21.4. The molecule has 2 nitrogen and oxygen atoms in total. The molecule has 2 rings (SSSR count). The summed E-state index contributed by atoms with van der Waals surface area (Å²) in [7, 11) is 0. The maximum Gasteiger partial charge on any atom is 0.0429 e. The predicted molar refractivity (Wildman–Crippen MR) is 78.7 cm³/mol. The first-order valence-corrected chi connectivity index (χ1v) is 7.00. The minimum atomic E-state index is 0.405. The van der Waals surface area contributed by atoms with Crippen molar-refractivity contribution in [3.05, 3.63) is 28.8 Å². The number of anilines is 1. The number of nitrogen functional groups attached to an aromatic ring is 1. The van der Waals surface area contributed by atoms with E-state index in [1.165, 1.54) is 25.1 Å². The number of benzene rings is 1. The molecule has 1 unspecified atom stereocenters. The zero-order valence-electron chi connectivity index (χ0n) is 11.5. The SMILES string of the molecule is CC(C)(C)C1CCN(Cc2cc(N)cc(Cl)c2)C1. The fourth-order valence-electron chi connectivity index (χ4n) is 2.71. The van der Waals surface area contributed by atoms with Gasteiger partial charge in [0.1, 0.15) is 0 Å². The van der Waals surface area contributed by atoms with Crippen LogP contribution in [-0.4, -0.2) is 18.0 Å². The molecule has 0 saturated carbocycles. The van der Waals surface area contributed by atoms with Gasteiger partial charge in [-0.3, -0.25) is 4.90 Å². The van der Waals surface area contributed by atoms with Gasteiger partial charge in [0.15, 0.2) is 0 Å². The zero-order chi connectivity index (χ0) is 13.3. The lowest BCUT2D eigenvalue weighted by atomic mass is 9.80. The monoisotopic (exact) mass is 266 g/mol. The molecule has 0 bridgehead atoms. The molecule has 1 heterocycles. The van der Waals surface area contributed by atoms with E-state index in [2.05, 4.69) is 25.7 Å². The number of hydrogen-bond donors (Lipinski definition) is 1. The number of rotatable bonds is 2. The van der Waals surface area contributed by atoms with Gasteiger partial charge in [-0.05, 0) is 48.1 Å². The first kappa shape index (κ1) is 13.7. The Bertz CT molecular complexity index is 403. The second-order valence-corrected chi connectivity index (χ2v) is 6.92. The van der Waals surface area contributed by atoms with Crippen molar-refractivity contribution in [2.45, 2.75) is 33.7 Å². The summed E-state index contributed by atoms with van der Waals surface area (Å²) in [6, 6.07) is 5.84. The van der Waals surface area contributed by atoms with Crippen molar-refractivity contribution in [1.82, 2.24) is 4.90 Å². The molecule has 1 aromatic rings. The third kappa shape index (κ3) is 3.39. The lowest BCUT2D eigenvalue weighted by Gasteiger charge is -2.27. The van der Waals surface area contributed by atoms with E-state index < -0.39 is 0 Å². The molecule has 1 atom stereocenters. The lowest BCUT2D eigenvalue weighted by molar-refractivity contribution is 0.226. The third-order valence-electron chi connectivity index (χ3n) is 3.88. The second kappa shape index (κ2) is 5.10. The Hall–Kier alpha value is -0.730. The van der Waals surface area contributed by atoms with Crippen molar-refractivity contribution < 1.29 is 0 Å². The van der Waals surface area contributed by atoms with Crippen LogP contribution in [0.3, 0.4) is 0 Å². The average Bonchev–Trinajstić information content (AvgIpc) is 2.63. The van der Waals surface area contributed by atoms with Crippen molar-refractivity contribution in [2.24, 2.45) is 11.3 Å². The van der Waals surface area contributed by atoms with Crippen LogP contribution in [0.15, 0.2) is 18.2 Å². The molecule has 100 valence electrons. The van der Waals surface area contributed by atoms with Crippen molar-refractivity contribution in [3.8, 4) is 0 Å². The minimum absolute atomic E-state index is 0.405. The highest BCUT2D eigenvalue weighted by atomic mass is 35.5. The third-order valence-corrected chi connectivity index (χ3v) is 4.10. The number of likely N-dealkylation sites (tertiary alicyclic amines) is 1. The molecule has 0 aliphatic carbocycles. The summed E-state index contributed by atoms with van der Waals surface area (Å²) in [5.41, 5.74) is 8.20. The average molecular weight is 267 g/mol. The summed E-state index contributed by atoms with van der Waals surface area (Å²) in [5, 5.41) is 0.733. The Morgan fingerprint density at radius 1 is 1.33 bits per heavy atom. The summed E-state index contributed by atoms with van der Waals surface area (Å²) >= 11 is 6.04. The van der Waals surface area contributed by atoms with Crippen LogP contribution in [0.1, 0.15) is 32.8 Å². The van der Waals surface area contributed by atoms with Gasteiger partial charge in [-0.25, -0.2) is 0 Å². The van der Waals surface area contributed by atoms with Crippen molar-refractivity contribution in [3.63, 3.8) is 0 Å². The number of halogens is 1. The summed E-state index contributed by atoms with van der Waals surface area (Å²) in [5.74, 6) is 0.786. The molecular formula is C15H23ClN2. The highest BCUT2D eigenvalue weighted by Crippen LogP contribution is 2.34. The van der Waals surface area contributed by atoms with Gasteiger partial charge in [0.2, 0.25) is 0 Å². The maximum atomic E-state index is 6.04. The van der Waals surface area contributed by atoms with Crippen LogP contribution in [0.2, 0.25) is 5.02 Å². The Kier molecular flexibility index (Phi) is 3.88. The van der Waals surface area contributed by atoms with E-state index in [0.717, 1.165) is 23.2 Å². The van der Waals surface area contributed by atoms with Gasteiger partial charge in [0, 0.05) is 23.8 Å². The molecule has 18 heavy (non-hydrogen) atoms. The van der Waals surface area contributed by atoms with E-state index in [9.17, 15) is 0 Å². The molecule has 1 aliphatic heterocycles. The fourth-order valence-corrected chi connectivity index (χ4v) is 2.97. The molecule has 1 fully saturated rings. The zero-order valence-corrected chi connectivity index (χ0v) is 12.3. The van der Waals surface area contributed by atoms with Crippen LogP contribution in [0.4, 0.5) is 5.69 Å². The van der Waals surface area contributed by atoms with Gasteiger partial charge in [0.25, 0.3) is 0 Å². The van der Waals surface area contributed by atoms with Crippen molar-refractivity contribution in [2.75, 3.05) is 18.8 Å². The first-order valence-electron chi connectivity index (χ1n) is 6.62. The van der Waals surface area contributed by atoms with E-state index in [0.29, 0.717) is 5.41 Å². The van der Waals surface area contributed by atoms with Gasteiger partial charge >= 0.3 is 0 Å². The van der Waals surface area contributed by atoms with Crippen molar-refractivity contribution in [1.29, 1.82) is 0 Å². The fraction of sp³-hybridized carbons (Fsp3) is 0.600. The molecule has 0 spiro atoms. The lowest BCUT2D eigenvalue weighted by Crippen LogP contribution is -2.25. The molecule has 3 heteroatoms. The van der Waals surface area contributed by atoms with E-state index in [-0.39, 0.29) is 0 Å². The molecule has 0 radical (unpaired) electrons. The Morgan fingerprint density at radius 3 is 2.61 bits per heavy atom. The second-order valence-electron chi connectivity index (χ2n) is 6.48. The molecule has 1 saturated heterocycles. The van der Waals surface area contributed by atoms with E-state index in [1.807, 2.05) is 12.1 Å².